The van der Waals surface area contributed by atoms with Gasteiger partial charge in [0.2, 0.25) is 5.95 Å². The number of benzene rings is 1. The van der Waals surface area contributed by atoms with E-state index in [1.807, 2.05) is 12.1 Å². The van der Waals surface area contributed by atoms with E-state index < -0.39 is 0 Å². The second-order valence-corrected chi connectivity index (χ2v) is 9.62. The summed E-state index contributed by atoms with van der Waals surface area (Å²) in [7, 11) is 1.78. The summed E-state index contributed by atoms with van der Waals surface area (Å²) in [6.07, 6.45) is 5.26. The molecule has 4 rings (SSSR count). The molecule has 0 N–H and O–H groups in total. The monoisotopic (exact) mass is 439 g/mol. The molecular formula is C20H23Cl2N3O2S. The summed E-state index contributed by atoms with van der Waals surface area (Å²) in [6.45, 7) is 4.78. The van der Waals surface area contributed by atoms with Crippen LogP contribution < -0.4 is 10.5 Å². The Balaban J connectivity index is 1.52. The van der Waals surface area contributed by atoms with Gasteiger partial charge in [-0.05, 0) is 43.7 Å². The zero-order valence-electron chi connectivity index (χ0n) is 16.0. The van der Waals surface area contributed by atoms with Crippen LogP contribution in [0.3, 0.4) is 0 Å². The molecule has 2 fully saturated rings. The average molecular weight is 440 g/mol. The van der Waals surface area contributed by atoms with Gasteiger partial charge in [0, 0.05) is 25.0 Å². The summed E-state index contributed by atoms with van der Waals surface area (Å²) >= 11 is 13.6. The molecule has 3 heterocycles. The Bertz CT molecular complexity index is 942. The molecule has 2 aliphatic heterocycles. The second kappa shape index (κ2) is 7.90. The van der Waals surface area contributed by atoms with Gasteiger partial charge in [0.25, 0.3) is 5.56 Å². The van der Waals surface area contributed by atoms with E-state index in [9.17, 15) is 4.79 Å². The van der Waals surface area contributed by atoms with Crippen molar-refractivity contribution in [3.05, 3.63) is 44.8 Å². The van der Waals surface area contributed by atoms with Gasteiger partial charge in [0.05, 0.1) is 33.8 Å². The Morgan fingerprint density at radius 3 is 2.68 bits per heavy atom. The Hall–Kier alpha value is -1.21. The van der Waals surface area contributed by atoms with Gasteiger partial charge in [-0.25, -0.2) is 4.98 Å². The lowest BCUT2D eigenvalue weighted by molar-refractivity contribution is 0.0974. The smallest absolute Gasteiger partial charge is 0.268 e. The molecule has 150 valence electrons. The molecular weight excluding hydrogens is 417 g/mol. The van der Waals surface area contributed by atoms with Gasteiger partial charge in [0.15, 0.2) is 0 Å². The van der Waals surface area contributed by atoms with E-state index in [4.69, 9.17) is 27.9 Å². The Morgan fingerprint density at radius 1 is 1.25 bits per heavy atom. The SMILES string of the molecule is C[C@H]1CC2(CCN(c3ncc(Sc4cccc(Cl)c4Cl)c(=O)n3C)CC2)CO1. The molecule has 0 radical (unpaired) electrons. The lowest BCUT2D eigenvalue weighted by Crippen LogP contribution is -2.43. The summed E-state index contributed by atoms with van der Waals surface area (Å²) < 4.78 is 7.44. The van der Waals surface area contributed by atoms with Crippen LogP contribution in [-0.2, 0) is 11.8 Å². The fourth-order valence-electron chi connectivity index (χ4n) is 4.14. The third-order valence-electron chi connectivity index (χ3n) is 5.75. The second-order valence-electron chi connectivity index (χ2n) is 7.75. The van der Waals surface area contributed by atoms with Crippen molar-refractivity contribution < 1.29 is 4.74 Å². The third kappa shape index (κ3) is 3.80. The first kappa shape index (κ1) is 20.1. The molecule has 1 atom stereocenters. The minimum absolute atomic E-state index is 0.0795. The maximum Gasteiger partial charge on any atom is 0.268 e. The molecule has 2 aliphatic rings. The quantitative estimate of drug-likeness (QED) is 0.697. The normalized spacial score (nSPS) is 21.4. The van der Waals surface area contributed by atoms with E-state index >= 15 is 0 Å². The lowest BCUT2D eigenvalue weighted by atomic mass is 9.77. The number of nitrogens with zero attached hydrogens (tertiary/aromatic N) is 3. The average Bonchev–Trinajstić information content (AvgIpc) is 3.04. The molecule has 0 unspecified atom stereocenters. The number of halogens is 2. The number of hydrogen-bond donors (Lipinski definition) is 0. The standard InChI is InChI=1S/C20H23Cl2N3O2S/c1-13-10-20(12-27-13)6-8-25(9-7-20)19-23-11-16(18(26)24(19)2)28-15-5-3-4-14(21)17(15)22/h3-5,11,13H,6-10,12H2,1-2H3/t13-/m0/s1. The van der Waals surface area contributed by atoms with E-state index in [2.05, 4.69) is 16.8 Å². The van der Waals surface area contributed by atoms with Crippen molar-refractivity contribution in [2.24, 2.45) is 12.5 Å². The fourth-order valence-corrected chi connectivity index (χ4v) is 5.52. The molecule has 8 heteroatoms. The van der Waals surface area contributed by atoms with E-state index in [0.717, 1.165) is 43.9 Å². The molecule has 1 aromatic carbocycles. The van der Waals surface area contributed by atoms with Gasteiger partial charge in [-0.1, -0.05) is 41.0 Å². The Labute approximate surface area is 179 Å². The zero-order chi connectivity index (χ0) is 19.9. The van der Waals surface area contributed by atoms with Crippen molar-refractivity contribution >= 4 is 40.9 Å². The highest BCUT2D eigenvalue weighted by atomic mass is 35.5. The van der Waals surface area contributed by atoms with Crippen LogP contribution in [0.15, 0.2) is 39.0 Å². The van der Waals surface area contributed by atoms with Crippen molar-refractivity contribution in [2.45, 2.75) is 42.1 Å². The first-order valence-corrected chi connectivity index (χ1v) is 11.0. The van der Waals surface area contributed by atoms with Gasteiger partial charge in [0.1, 0.15) is 0 Å². The van der Waals surface area contributed by atoms with Gasteiger partial charge in [-0.2, -0.15) is 0 Å². The number of ether oxygens (including phenoxy) is 1. The Kier molecular flexibility index (Phi) is 5.67. The molecule has 1 spiro atoms. The predicted octanol–water partition coefficient (Wildman–Crippen LogP) is 4.63. The van der Waals surface area contributed by atoms with Crippen LogP contribution in [0.5, 0.6) is 0 Å². The molecule has 0 saturated carbocycles. The minimum Gasteiger partial charge on any atom is -0.378 e. The summed E-state index contributed by atoms with van der Waals surface area (Å²) in [4.78, 5) is 21.0. The van der Waals surface area contributed by atoms with Crippen LogP contribution >= 0.6 is 35.0 Å². The van der Waals surface area contributed by atoms with Gasteiger partial charge in [-0.3, -0.25) is 9.36 Å². The van der Waals surface area contributed by atoms with E-state index in [0.29, 0.717) is 32.4 Å². The third-order valence-corrected chi connectivity index (χ3v) is 7.74. The van der Waals surface area contributed by atoms with Crippen LogP contribution in [0.1, 0.15) is 26.2 Å². The number of rotatable bonds is 3. The number of piperidine rings is 1. The molecule has 0 aliphatic carbocycles. The number of aromatic nitrogens is 2. The molecule has 2 saturated heterocycles. The summed E-state index contributed by atoms with van der Waals surface area (Å²) in [6, 6.07) is 5.40. The molecule has 0 amide bonds. The van der Waals surface area contributed by atoms with Crippen molar-refractivity contribution in [3.63, 3.8) is 0 Å². The van der Waals surface area contributed by atoms with E-state index in [1.54, 1.807) is 23.9 Å². The molecule has 28 heavy (non-hydrogen) atoms. The highest BCUT2D eigenvalue weighted by Crippen LogP contribution is 2.42. The van der Waals surface area contributed by atoms with Crippen LogP contribution in [0.4, 0.5) is 5.95 Å². The lowest BCUT2D eigenvalue weighted by Gasteiger charge is -2.39. The maximum absolute atomic E-state index is 12.9. The molecule has 5 nitrogen and oxygen atoms in total. The summed E-state index contributed by atoms with van der Waals surface area (Å²) in [5.74, 6) is 0.716. The minimum atomic E-state index is -0.0795. The van der Waals surface area contributed by atoms with Crippen LogP contribution in [-0.4, -0.2) is 35.4 Å². The first-order chi connectivity index (χ1) is 13.4. The van der Waals surface area contributed by atoms with Crippen LogP contribution in [0.25, 0.3) is 0 Å². The largest absolute Gasteiger partial charge is 0.378 e. The summed E-state index contributed by atoms with van der Waals surface area (Å²) in [5, 5.41) is 0.926. The van der Waals surface area contributed by atoms with Crippen molar-refractivity contribution in [1.29, 1.82) is 0 Å². The van der Waals surface area contributed by atoms with E-state index in [-0.39, 0.29) is 5.56 Å². The van der Waals surface area contributed by atoms with Crippen molar-refractivity contribution in [3.8, 4) is 0 Å². The highest BCUT2D eigenvalue weighted by Gasteiger charge is 2.41. The fraction of sp³-hybridized carbons (Fsp3) is 0.500. The number of hydrogen-bond acceptors (Lipinski definition) is 5. The van der Waals surface area contributed by atoms with E-state index in [1.165, 1.54) is 11.8 Å². The van der Waals surface area contributed by atoms with Gasteiger partial charge >= 0.3 is 0 Å². The molecule has 0 bridgehead atoms. The molecule has 1 aromatic heterocycles. The van der Waals surface area contributed by atoms with Crippen LogP contribution in [0, 0.1) is 5.41 Å². The van der Waals surface area contributed by atoms with Crippen LogP contribution in [0.2, 0.25) is 10.0 Å². The van der Waals surface area contributed by atoms with Crippen molar-refractivity contribution in [1.82, 2.24) is 9.55 Å². The maximum atomic E-state index is 12.9. The first-order valence-electron chi connectivity index (χ1n) is 9.43. The Morgan fingerprint density at radius 2 is 2.00 bits per heavy atom. The predicted molar refractivity (Wildman–Crippen MR) is 114 cm³/mol. The molecule has 2 aromatic rings. The van der Waals surface area contributed by atoms with Gasteiger partial charge in [-0.15, -0.1) is 0 Å². The highest BCUT2D eigenvalue weighted by molar-refractivity contribution is 7.99. The summed E-state index contributed by atoms with van der Waals surface area (Å²) in [5.41, 5.74) is 0.220. The zero-order valence-corrected chi connectivity index (χ0v) is 18.3. The number of anilines is 1. The van der Waals surface area contributed by atoms with Crippen molar-refractivity contribution in [2.75, 3.05) is 24.6 Å². The van der Waals surface area contributed by atoms with Gasteiger partial charge < -0.3 is 9.64 Å². The topological polar surface area (TPSA) is 47.4 Å².